The molecule has 1 aromatic carbocycles. The maximum absolute atomic E-state index is 12.3. The van der Waals surface area contributed by atoms with Crippen LogP contribution in [-0.4, -0.2) is 38.3 Å². The van der Waals surface area contributed by atoms with Crippen LogP contribution >= 0.6 is 23.2 Å². The van der Waals surface area contributed by atoms with Crippen molar-refractivity contribution in [3.63, 3.8) is 0 Å². The van der Waals surface area contributed by atoms with Gasteiger partial charge >= 0.3 is 0 Å². The first-order valence-corrected chi connectivity index (χ1v) is 7.33. The van der Waals surface area contributed by atoms with Crippen molar-refractivity contribution in [2.45, 2.75) is 4.90 Å². The fraction of sp³-hybridized carbons (Fsp3) is 0.300. The molecule has 0 saturated carbocycles. The zero-order valence-corrected chi connectivity index (χ0v) is 11.5. The lowest BCUT2D eigenvalue weighted by Gasteiger charge is -2.26. The normalized spacial score (nSPS) is 17.6. The molecular formula is C10H10Cl2N2O3S. The van der Waals surface area contributed by atoms with Crippen LogP contribution in [0, 0.1) is 0 Å². The Hall–Kier alpha value is -0.820. The zero-order chi connectivity index (χ0) is 13.3. The van der Waals surface area contributed by atoms with Crippen LogP contribution in [0.25, 0.3) is 0 Å². The van der Waals surface area contributed by atoms with E-state index in [-0.39, 0.29) is 40.5 Å². The third-order valence-corrected chi connectivity index (χ3v) is 5.36. The van der Waals surface area contributed by atoms with Gasteiger partial charge in [0.05, 0.1) is 16.6 Å². The second-order valence-corrected chi connectivity index (χ2v) is 6.43. The van der Waals surface area contributed by atoms with E-state index in [1.165, 1.54) is 18.2 Å². The quantitative estimate of drug-likeness (QED) is 0.890. The van der Waals surface area contributed by atoms with E-state index in [0.29, 0.717) is 0 Å². The number of carbonyl (C=O) groups excluding carboxylic acids is 1. The number of hydrogen-bond donors (Lipinski definition) is 1. The molecule has 0 aromatic heterocycles. The van der Waals surface area contributed by atoms with Gasteiger partial charge in [0, 0.05) is 13.1 Å². The molecule has 1 N–H and O–H groups in total. The van der Waals surface area contributed by atoms with Crippen molar-refractivity contribution in [1.29, 1.82) is 0 Å². The van der Waals surface area contributed by atoms with Gasteiger partial charge in [-0.3, -0.25) is 4.79 Å². The molecule has 8 heteroatoms. The van der Waals surface area contributed by atoms with Crippen LogP contribution in [0.5, 0.6) is 0 Å². The van der Waals surface area contributed by atoms with Crippen molar-refractivity contribution in [2.75, 3.05) is 19.6 Å². The Morgan fingerprint density at radius 3 is 2.67 bits per heavy atom. The predicted octanol–water partition coefficient (Wildman–Crippen LogP) is 1.11. The molecule has 5 nitrogen and oxygen atoms in total. The molecule has 1 heterocycles. The summed E-state index contributed by atoms with van der Waals surface area (Å²) in [5.74, 6) is -0.331. The maximum atomic E-state index is 12.3. The number of nitrogens with one attached hydrogen (secondary N) is 1. The number of piperazine rings is 1. The Balaban J connectivity index is 2.42. The van der Waals surface area contributed by atoms with Gasteiger partial charge in [-0.25, -0.2) is 8.42 Å². The van der Waals surface area contributed by atoms with Crippen LogP contribution in [0.2, 0.25) is 10.0 Å². The van der Waals surface area contributed by atoms with Crippen LogP contribution in [0.4, 0.5) is 0 Å². The van der Waals surface area contributed by atoms with E-state index in [1.807, 2.05) is 0 Å². The number of nitrogens with zero attached hydrogens (tertiary/aromatic N) is 1. The van der Waals surface area contributed by atoms with Gasteiger partial charge in [-0.15, -0.1) is 0 Å². The van der Waals surface area contributed by atoms with Crippen molar-refractivity contribution < 1.29 is 13.2 Å². The molecule has 1 aromatic rings. The number of halogens is 2. The van der Waals surface area contributed by atoms with Crippen molar-refractivity contribution in [3.8, 4) is 0 Å². The van der Waals surface area contributed by atoms with Crippen molar-refractivity contribution in [1.82, 2.24) is 9.62 Å². The molecule has 98 valence electrons. The van der Waals surface area contributed by atoms with Gasteiger partial charge in [0.25, 0.3) is 0 Å². The van der Waals surface area contributed by atoms with Gasteiger partial charge in [0.2, 0.25) is 15.9 Å². The predicted molar refractivity (Wildman–Crippen MR) is 68.2 cm³/mol. The molecule has 1 amide bonds. The summed E-state index contributed by atoms with van der Waals surface area (Å²) in [4.78, 5) is 11.1. The highest BCUT2D eigenvalue weighted by atomic mass is 35.5. The number of carbonyl (C=O) groups is 1. The van der Waals surface area contributed by atoms with E-state index in [9.17, 15) is 13.2 Å². The lowest BCUT2D eigenvalue weighted by molar-refractivity contribution is -0.122. The Morgan fingerprint density at radius 2 is 2.00 bits per heavy atom. The van der Waals surface area contributed by atoms with Crippen molar-refractivity contribution in [3.05, 3.63) is 28.2 Å². The second-order valence-electron chi connectivity index (χ2n) is 3.74. The molecule has 1 saturated heterocycles. The summed E-state index contributed by atoms with van der Waals surface area (Å²) in [6.07, 6.45) is 0. The topological polar surface area (TPSA) is 66.5 Å². The second kappa shape index (κ2) is 5.05. The highest BCUT2D eigenvalue weighted by Gasteiger charge is 2.31. The lowest BCUT2D eigenvalue weighted by Crippen LogP contribution is -2.49. The average molecular weight is 309 g/mol. The Morgan fingerprint density at radius 1 is 1.28 bits per heavy atom. The van der Waals surface area contributed by atoms with Gasteiger partial charge in [-0.2, -0.15) is 4.31 Å². The highest BCUT2D eigenvalue weighted by Crippen LogP contribution is 2.30. The Bertz CT molecular complexity index is 589. The van der Waals surface area contributed by atoms with Gasteiger partial charge < -0.3 is 5.32 Å². The minimum Gasteiger partial charge on any atom is -0.354 e. The van der Waals surface area contributed by atoms with E-state index in [1.54, 1.807) is 0 Å². The van der Waals surface area contributed by atoms with Crippen LogP contribution in [0.1, 0.15) is 0 Å². The monoisotopic (exact) mass is 308 g/mol. The summed E-state index contributed by atoms with van der Waals surface area (Å²) in [6, 6.07) is 4.38. The first kappa shape index (κ1) is 13.6. The van der Waals surface area contributed by atoms with Gasteiger partial charge in [0.15, 0.2) is 0 Å². The number of amides is 1. The van der Waals surface area contributed by atoms with Crippen LogP contribution < -0.4 is 5.32 Å². The van der Waals surface area contributed by atoms with Crippen LogP contribution in [-0.2, 0) is 14.8 Å². The van der Waals surface area contributed by atoms with Gasteiger partial charge in [0.1, 0.15) is 4.90 Å². The minimum absolute atomic E-state index is 0.0230. The molecular weight excluding hydrogens is 299 g/mol. The molecule has 1 aliphatic rings. The summed E-state index contributed by atoms with van der Waals surface area (Å²) < 4.78 is 25.7. The minimum atomic E-state index is -3.79. The largest absolute Gasteiger partial charge is 0.354 e. The summed E-state index contributed by atoms with van der Waals surface area (Å²) in [5, 5.41) is 2.70. The number of sulfonamides is 1. The van der Waals surface area contributed by atoms with Crippen molar-refractivity contribution in [2.24, 2.45) is 0 Å². The molecule has 1 aliphatic heterocycles. The van der Waals surface area contributed by atoms with E-state index < -0.39 is 10.0 Å². The molecule has 0 radical (unpaired) electrons. The summed E-state index contributed by atoms with van der Waals surface area (Å²) >= 11 is 11.7. The van der Waals surface area contributed by atoms with E-state index in [4.69, 9.17) is 23.2 Å². The average Bonchev–Trinajstić information content (AvgIpc) is 2.32. The zero-order valence-electron chi connectivity index (χ0n) is 9.19. The number of hydrogen-bond acceptors (Lipinski definition) is 3. The van der Waals surface area contributed by atoms with Gasteiger partial charge in [-0.05, 0) is 12.1 Å². The van der Waals surface area contributed by atoms with Gasteiger partial charge in [-0.1, -0.05) is 29.3 Å². The molecule has 0 spiro atoms. The number of benzene rings is 1. The molecule has 1 fully saturated rings. The first-order valence-electron chi connectivity index (χ1n) is 5.14. The van der Waals surface area contributed by atoms with Crippen LogP contribution in [0.3, 0.4) is 0 Å². The van der Waals surface area contributed by atoms with Crippen molar-refractivity contribution >= 4 is 39.1 Å². The molecule has 0 bridgehead atoms. The summed E-state index contributed by atoms with van der Waals surface area (Å²) in [6.45, 7) is 0.304. The van der Waals surface area contributed by atoms with E-state index in [2.05, 4.69) is 5.32 Å². The molecule has 0 atom stereocenters. The molecule has 0 aliphatic carbocycles. The maximum Gasteiger partial charge on any atom is 0.245 e. The molecule has 18 heavy (non-hydrogen) atoms. The summed E-state index contributed by atoms with van der Waals surface area (Å²) in [7, 11) is -3.79. The standard InChI is InChI=1S/C10H10Cl2N2O3S/c11-7-2-1-3-8(10(7)12)18(16,17)14-5-4-13-9(15)6-14/h1-3H,4-6H2,(H,13,15). The smallest absolute Gasteiger partial charge is 0.245 e. The number of rotatable bonds is 2. The van der Waals surface area contributed by atoms with Crippen LogP contribution in [0.15, 0.2) is 23.1 Å². The highest BCUT2D eigenvalue weighted by molar-refractivity contribution is 7.89. The molecule has 2 rings (SSSR count). The Labute approximate surface area is 115 Å². The fourth-order valence-corrected chi connectivity index (χ4v) is 3.78. The third-order valence-electron chi connectivity index (χ3n) is 2.54. The van der Waals surface area contributed by atoms with E-state index in [0.717, 1.165) is 4.31 Å². The first-order chi connectivity index (χ1) is 8.43. The SMILES string of the molecule is O=C1CN(S(=O)(=O)c2cccc(Cl)c2Cl)CCN1. The lowest BCUT2D eigenvalue weighted by atomic mass is 10.4. The van der Waals surface area contributed by atoms with E-state index >= 15 is 0 Å². The third kappa shape index (κ3) is 2.47. The fourth-order valence-electron chi connectivity index (χ4n) is 1.64. The molecule has 0 unspecified atom stereocenters. The summed E-state index contributed by atoms with van der Waals surface area (Å²) in [5.41, 5.74) is 0. The Kier molecular flexibility index (Phi) is 3.82.